The van der Waals surface area contributed by atoms with Gasteiger partial charge < -0.3 is 9.47 Å². The van der Waals surface area contributed by atoms with E-state index in [2.05, 4.69) is 16.2 Å². The van der Waals surface area contributed by atoms with Crippen LogP contribution >= 0.6 is 12.2 Å². The highest BCUT2D eigenvalue weighted by molar-refractivity contribution is 7.80. The average molecular weight is 376 g/mol. The Balaban J connectivity index is 1.95. The maximum atomic E-state index is 12.3. The normalized spacial score (nSPS) is 9.77. The summed E-state index contributed by atoms with van der Waals surface area (Å²) in [6.07, 6.45) is 0. The zero-order valence-electron chi connectivity index (χ0n) is 13.9. The summed E-state index contributed by atoms with van der Waals surface area (Å²) in [4.78, 5) is 22.4. The molecule has 0 saturated heterocycles. The van der Waals surface area contributed by atoms with Crippen molar-refractivity contribution in [2.45, 2.75) is 0 Å². The van der Waals surface area contributed by atoms with Crippen molar-refractivity contribution in [3.63, 3.8) is 0 Å². The Labute approximate surface area is 154 Å². The van der Waals surface area contributed by atoms with Crippen LogP contribution in [0.3, 0.4) is 0 Å². The molecule has 0 fully saturated rings. The molecular weight excluding hydrogens is 360 g/mol. The number of thiocarbonyl (C=S) groups is 1. The molecule has 2 rings (SSSR count). The fourth-order valence-corrected chi connectivity index (χ4v) is 2.13. The molecule has 0 heterocycles. The van der Waals surface area contributed by atoms with Crippen LogP contribution in [-0.2, 0) is 0 Å². The predicted molar refractivity (Wildman–Crippen MR) is 99.5 cm³/mol. The number of nitrogens with zero attached hydrogens (tertiary/aromatic N) is 1. The van der Waals surface area contributed by atoms with Crippen LogP contribution in [0.25, 0.3) is 0 Å². The number of carbonyl (C=O) groups is 1. The molecule has 2 aromatic carbocycles. The van der Waals surface area contributed by atoms with Gasteiger partial charge in [0.2, 0.25) is 0 Å². The fourth-order valence-electron chi connectivity index (χ4n) is 1.98. The van der Waals surface area contributed by atoms with Gasteiger partial charge in [0.1, 0.15) is 11.5 Å². The Hall–Kier alpha value is -3.40. The molecule has 0 atom stereocenters. The van der Waals surface area contributed by atoms with E-state index in [4.69, 9.17) is 21.7 Å². The van der Waals surface area contributed by atoms with E-state index >= 15 is 0 Å². The fraction of sp³-hybridized carbons (Fsp3) is 0.125. The third-order valence-corrected chi connectivity index (χ3v) is 3.48. The quantitative estimate of drug-likeness (QED) is 0.399. The van der Waals surface area contributed by atoms with E-state index in [0.717, 1.165) is 0 Å². The largest absolute Gasteiger partial charge is 0.497 e. The van der Waals surface area contributed by atoms with Crippen LogP contribution in [0.2, 0.25) is 0 Å². The van der Waals surface area contributed by atoms with Crippen molar-refractivity contribution in [1.29, 1.82) is 0 Å². The molecule has 26 heavy (non-hydrogen) atoms. The number of nitrogens with one attached hydrogen (secondary N) is 3. The zero-order chi connectivity index (χ0) is 19.1. The number of nitro benzene ring substituents is 1. The highest BCUT2D eigenvalue weighted by atomic mass is 32.1. The standard InChI is InChI=1S/C16H16N4O5S/c1-24-12-7-8-13(14(9-12)25-2)15(21)17-16(26)19-18-10-3-5-11(6-4-10)20(22)23/h3-9,18H,1-2H3,(H2,17,19,21,26). The molecule has 0 aliphatic carbocycles. The van der Waals surface area contributed by atoms with Crippen LogP contribution in [0.1, 0.15) is 10.4 Å². The Bertz CT molecular complexity index is 826. The molecule has 136 valence electrons. The van der Waals surface area contributed by atoms with Gasteiger partial charge in [0.05, 0.1) is 30.4 Å². The highest BCUT2D eigenvalue weighted by Crippen LogP contribution is 2.24. The van der Waals surface area contributed by atoms with Crippen molar-refractivity contribution < 1.29 is 19.2 Å². The average Bonchev–Trinajstić information content (AvgIpc) is 2.65. The second-order valence-electron chi connectivity index (χ2n) is 4.90. The maximum absolute atomic E-state index is 12.3. The predicted octanol–water partition coefficient (Wildman–Crippen LogP) is 2.24. The van der Waals surface area contributed by atoms with Crippen LogP contribution in [0, 0.1) is 10.1 Å². The molecule has 0 spiro atoms. The number of hydrogen-bond donors (Lipinski definition) is 3. The van der Waals surface area contributed by atoms with E-state index in [0.29, 0.717) is 17.2 Å². The first-order valence-corrected chi connectivity index (χ1v) is 7.69. The van der Waals surface area contributed by atoms with Crippen LogP contribution in [0.5, 0.6) is 11.5 Å². The van der Waals surface area contributed by atoms with Crippen LogP contribution < -0.4 is 25.6 Å². The van der Waals surface area contributed by atoms with Gasteiger partial charge in [-0.05, 0) is 36.5 Å². The molecule has 2 aromatic rings. The number of carbonyl (C=O) groups excluding carboxylic acids is 1. The van der Waals surface area contributed by atoms with E-state index < -0.39 is 10.8 Å². The van der Waals surface area contributed by atoms with Gasteiger partial charge in [-0.25, -0.2) is 0 Å². The monoisotopic (exact) mass is 376 g/mol. The molecule has 9 nitrogen and oxygen atoms in total. The Morgan fingerprint density at radius 2 is 1.81 bits per heavy atom. The zero-order valence-corrected chi connectivity index (χ0v) is 14.8. The summed E-state index contributed by atoms with van der Waals surface area (Å²) in [5.41, 5.74) is 6.15. The lowest BCUT2D eigenvalue weighted by atomic mass is 10.2. The number of anilines is 1. The van der Waals surface area contributed by atoms with Crippen molar-refractivity contribution >= 4 is 34.6 Å². The number of benzene rings is 2. The molecule has 0 unspecified atom stereocenters. The Morgan fingerprint density at radius 1 is 1.12 bits per heavy atom. The first-order chi connectivity index (χ1) is 12.4. The maximum Gasteiger partial charge on any atom is 0.269 e. The number of hydrogen-bond acceptors (Lipinski definition) is 7. The first-order valence-electron chi connectivity index (χ1n) is 7.28. The molecule has 0 saturated carbocycles. The van der Waals surface area contributed by atoms with E-state index in [1.807, 2.05) is 0 Å². The van der Waals surface area contributed by atoms with E-state index in [9.17, 15) is 14.9 Å². The summed E-state index contributed by atoms with van der Waals surface area (Å²) in [6.45, 7) is 0. The highest BCUT2D eigenvalue weighted by Gasteiger charge is 2.14. The Morgan fingerprint density at radius 3 is 2.38 bits per heavy atom. The minimum atomic E-state index is -0.496. The van der Waals surface area contributed by atoms with E-state index in [-0.39, 0.29) is 16.4 Å². The molecular formula is C16H16N4O5S. The lowest BCUT2D eigenvalue weighted by Gasteiger charge is -2.13. The van der Waals surface area contributed by atoms with Crippen molar-refractivity contribution in [3.05, 3.63) is 58.1 Å². The third kappa shape index (κ3) is 4.80. The first kappa shape index (κ1) is 18.9. The second kappa shape index (κ2) is 8.62. The van der Waals surface area contributed by atoms with Gasteiger partial charge in [-0.2, -0.15) is 0 Å². The smallest absolute Gasteiger partial charge is 0.269 e. The topological polar surface area (TPSA) is 115 Å². The van der Waals surface area contributed by atoms with Crippen molar-refractivity contribution in [2.24, 2.45) is 0 Å². The molecule has 10 heteroatoms. The van der Waals surface area contributed by atoms with Crippen molar-refractivity contribution in [1.82, 2.24) is 10.7 Å². The third-order valence-electron chi connectivity index (χ3n) is 3.28. The Kier molecular flexibility index (Phi) is 6.28. The van der Waals surface area contributed by atoms with Gasteiger partial charge >= 0.3 is 0 Å². The molecule has 1 amide bonds. The van der Waals surface area contributed by atoms with Gasteiger partial charge in [-0.3, -0.25) is 31.1 Å². The van der Waals surface area contributed by atoms with Crippen molar-refractivity contribution in [2.75, 3.05) is 19.6 Å². The second-order valence-corrected chi connectivity index (χ2v) is 5.31. The summed E-state index contributed by atoms with van der Waals surface area (Å²) in [7, 11) is 2.95. The van der Waals surface area contributed by atoms with Gasteiger partial charge in [0.15, 0.2) is 5.11 Å². The van der Waals surface area contributed by atoms with E-state index in [1.54, 1.807) is 18.2 Å². The minimum Gasteiger partial charge on any atom is -0.497 e. The lowest BCUT2D eigenvalue weighted by molar-refractivity contribution is -0.384. The number of methoxy groups -OCH3 is 2. The van der Waals surface area contributed by atoms with Gasteiger partial charge in [0.25, 0.3) is 11.6 Å². The number of hydrazine groups is 1. The number of rotatable bonds is 6. The summed E-state index contributed by atoms with van der Waals surface area (Å²) < 4.78 is 10.3. The summed E-state index contributed by atoms with van der Waals surface area (Å²) in [6, 6.07) is 10.5. The molecule has 0 aromatic heterocycles. The number of nitro groups is 1. The van der Waals surface area contributed by atoms with Crippen LogP contribution in [0.4, 0.5) is 11.4 Å². The van der Waals surface area contributed by atoms with Crippen molar-refractivity contribution in [3.8, 4) is 11.5 Å². The molecule has 3 N–H and O–H groups in total. The SMILES string of the molecule is COc1ccc(C(=O)NC(=S)NNc2ccc([N+](=O)[O-])cc2)c(OC)c1. The van der Waals surface area contributed by atoms with Gasteiger partial charge in [-0.15, -0.1) is 0 Å². The van der Waals surface area contributed by atoms with Crippen LogP contribution in [0.15, 0.2) is 42.5 Å². The van der Waals surface area contributed by atoms with E-state index in [1.165, 1.54) is 38.5 Å². The van der Waals surface area contributed by atoms with Gasteiger partial charge in [0, 0.05) is 18.2 Å². The number of amides is 1. The summed E-state index contributed by atoms with van der Waals surface area (Å²) >= 11 is 5.05. The van der Waals surface area contributed by atoms with Crippen LogP contribution in [-0.4, -0.2) is 30.2 Å². The number of ether oxygens (including phenoxy) is 2. The number of non-ortho nitro benzene ring substituents is 1. The van der Waals surface area contributed by atoms with Gasteiger partial charge in [-0.1, -0.05) is 0 Å². The molecule has 0 aliphatic heterocycles. The minimum absolute atomic E-state index is 0.0197. The lowest BCUT2D eigenvalue weighted by Crippen LogP contribution is -2.42. The molecule has 0 aliphatic rings. The summed E-state index contributed by atoms with van der Waals surface area (Å²) in [5.74, 6) is 0.430. The summed E-state index contributed by atoms with van der Waals surface area (Å²) in [5, 5.41) is 13.1. The molecule has 0 radical (unpaired) electrons. The molecule has 0 bridgehead atoms.